The highest BCUT2D eigenvalue weighted by Gasteiger charge is 2.26. The second-order valence-corrected chi connectivity index (χ2v) is 16.5. The number of esters is 1. The summed E-state index contributed by atoms with van der Waals surface area (Å²) in [7, 11) is -4.54. The van der Waals surface area contributed by atoms with Crippen molar-refractivity contribution in [1.82, 2.24) is 0 Å². The molecule has 0 aliphatic rings. The fraction of sp³-hybridized carbons (Fsp3) is 0.660. The molecule has 0 aromatic rings. The Morgan fingerprint density at radius 2 is 0.950 bits per heavy atom. The monoisotopic (exact) mass is 861 g/mol. The van der Waals surface area contributed by atoms with Gasteiger partial charge >= 0.3 is 13.8 Å². The Kier molecular flexibility index (Phi) is 43.9. The molecule has 0 bridgehead atoms. The minimum absolute atomic E-state index is 0.0211. The van der Waals surface area contributed by atoms with Gasteiger partial charge < -0.3 is 24.6 Å². The third-order valence-electron chi connectivity index (χ3n) is 9.25. The number of hydrogen-bond acceptors (Lipinski definition) is 8. The van der Waals surface area contributed by atoms with E-state index in [1.165, 1.54) is 57.8 Å². The molecule has 10 heteroatoms. The van der Waals surface area contributed by atoms with Crippen molar-refractivity contribution >= 4 is 13.8 Å². The maximum Gasteiger partial charge on any atom is 0.472 e. The maximum absolute atomic E-state index is 12.6. The van der Waals surface area contributed by atoms with Crippen LogP contribution >= 0.6 is 7.82 Å². The van der Waals surface area contributed by atoms with Gasteiger partial charge in [0.25, 0.3) is 0 Å². The van der Waals surface area contributed by atoms with Gasteiger partial charge in [0.05, 0.1) is 26.4 Å². The van der Waals surface area contributed by atoms with Crippen molar-refractivity contribution in [3.05, 3.63) is 97.2 Å². The highest BCUT2D eigenvalue weighted by molar-refractivity contribution is 7.47. The summed E-state index contributed by atoms with van der Waals surface area (Å²) in [5.41, 5.74) is 0. The lowest BCUT2D eigenvalue weighted by molar-refractivity contribution is -0.154. The second-order valence-electron chi connectivity index (χ2n) is 15.0. The van der Waals surface area contributed by atoms with Crippen molar-refractivity contribution in [2.45, 2.75) is 180 Å². The fourth-order valence-electron chi connectivity index (χ4n) is 5.74. The van der Waals surface area contributed by atoms with Crippen molar-refractivity contribution in [1.29, 1.82) is 0 Å². The summed E-state index contributed by atoms with van der Waals surface area (Å²) >= 11 is 0. The molecule has 3 atom stereocenters. The topological polar surface area (TPSA) is 132 Å². The predicted octanol–water partition coefficient (Wildman–Crippen LogP) is 13.3. The van der Waals surface area contributed by atoms with E-state index in [0.717, 1.165) is 83.5 Å². The molecule has 0 heterocycles. The summed E-state index contributed by atoms with van der Waals surface area (Å²) in [5, 5.41) is 18.4. The zero-order chi connectivity index (χ0) is 43.9. The van der Waals surface area contributed by atoms with Gasteiger partial charge in [-0.1, -0.05) is 162 Å². The quantitative estimate of drug-likeness (QED) is 0.0237. The first kappa shape index (κ1) is 57.4. The number of rotatable bonds is 43. The molecule has 344 valence electrons. The SMILES string of the molecule is CC/C=C\C/C=C\C/C=C\C/C=C\C/C=C\C/C=C\CCCCC(=O)OC(COCCCCCCCCCC/C=C\C/C=C\CCCCC)COP(=O)(O)OCC(O)CO. The lowest BCUT2D eigenvalue weighted by atomic mass is 10.1. The normalized spacial score (nSPS) is 14.8. The van der Waals surface area contributed by atoms with Gasteiger partial charge in [0, 0.05) is 13.0 Å². The van der Waals surface area contributed by atoms with Gasteiger partial charge in [0.1, 0.15) is 12.2 Å². The van der Waals surface area contributed by atoms with E-state index in [2.05, 4.69) is 111 Å². The number of aliphatic hydroxyl groups is 2. The molecule has 0 saturated heterocycles. The van der Waals surface area contributed by atoms with E-state index in [4.69, 9.17) is 23.6 Å². The third-order valence-corrected chi connectivity index (χ3v) is 10.2. The molecule has 0 aromatic heterocycles. The van der Waals surface area contributed by atoms with Crippen molar-refractivity contribution in [2.75, 3.05) is 33.0 Å². The van der Waals surface area contributed by atoms with Crippen molar-refractivity contribution in [2.24, 2.45) is 0 Å². The predicted molar refractivity (Wildman–Crippen MR) is 251 cm³/mol. The molecule has 3 unspecified atom stereocenters. The van der Waals surface area contributed by atoms with Crippen LogP contribution in [-0.2, 0) is 27.9 Å². The Morgan fingerprint density at radius 3 is 1.43 bits per heavy atom. The average Bonchev–Trinajstić information content (AvgIpc) is 3.24. The summed E-state index contributed by atoms with van der Waals surface area (Å²) in [4.78, 5) is 22.6. The zero-order valence-electron chi connectivity index (χ0n) is 37.6. The number of carbonyl (C=O) groups excluding carboxylic acids is 1. The van der Waals surface area contributed by atoms with E-state index in [-0.39, 0.29) is 13.0 Å². The van der Waals surface area contributed by atoms with Gasteiger partial charge in [-0.2, -0.15) is 0 Å². The van der Waals surface area contributed by atoms with E-state index in [9.17, 15) is 19.4 Å². The van der Waals surface area contributed by atoms with Crippen molar-refractivity contribution in [3.63, 3.8) is 0 Å². The molecule has 0 radical (unpaired) electrons. The van der Waals surface area contributed by atoms with Crippen LogP contribution in [0.15, 0.2) is 97.2 Å². The number of allylic oxidation sites excluding steroid dienone is 16. The van der Waals surface area contributed by atoms with Gasteiger partial charge in [-0.05, 0) is 96.3 Å². The highest BCUT2D eigenvalue weighted by atomic mass is 31.2. The Labute approximate surface area is 366 Å². The Balaban J connectivity index is 4.27. The average molecular weight is 861 g/mol. The number of ether oxygens (including phenoxy) is 2. The largest absolute Gasteiger partial charge is 0.472 e. The summed E-state index contributed by atoms with van der Waals surface area (Å²) in [6, 6.07) is 0. The van der Waals surface area contributed by atoms with Crippen LogP contribution in [0.1, 0.15) is 168 Å². The first-order valence-corrected chi connectivity index (χ1v) is 24.7. The second kappa shape index (κ2) is 45.9. The molecule has 0 aliphatic heterocycles. The maximum atomic E-state index is 12.6. The molecule has 0 saturated carbocycles. The minimum atomic E-state index is -4.54. The third kappa shape index (κ3) is 44.9. The molecule has 9 nitrogen and oxygen atoms in total. The fourth-order valence-corrected chi connectivity index (χ4v) is 6.53. The minimum Gasteiger partial charge on any atom is -0.457 e. The van der Waals surface area contributed by atoms with Crippen LogP contribution in [0, 0.1) is 0 Å². The summed E-state index contributed by atoms with van der Waals surface area (Å²) in [5.74, 6) is -0.430. The Morgan fingerprint density at radius 1 is 0.533 bits per heavy atom. The first-order chi connectivity index (χ1) is 29.3. The van der Waals surface area contributed by atoms with Gasteiger partial charge in [-0.3, -0.25) is 13.8 Å². The molecule has 0 aliphatic carbocycles. The summed E-state index contributed by atoms with van der Waals surface area (Å²) in [6.45, 7) is 3.29. The Bertz CT molecular complexity index is 1250. The molecule has 0 aromatic carbocycles. The molecular formula is C50H85O9P. The molecule has 3 N–H and O–H groups in total. The van der Waals surface area contributed by atoms with Crippen LogP contribution in [0.3, 0.4) is 0 Å². The van der Waals surface area contributed by atoms with Gasteiger partial charge in [0.15, 0.2) is 0 Å². The van der Waals surface area contributed by atoms with Crippen LogP contribution in [0.25, 0.3) is 0 Å². The highest BCUT2D eigenvalue weighted by Crippen LogP contribution is 2.43. The van der Waals surface area contributed by atoms with Gasteiger partial charge in [-0.25, -0.2) is 4.57 Å². The van der Waals surface area contributed by atoms with Crippen LogP contribution in [0.4, 0.5) is 0 Å². The number of hydrogen-bond donors (Lipinski definition) is 3. The van der Waals surface area contributed by atoms with Crippen molar-refractivity contribution in [3.8, 4) is 0 Å². The number of phosphoric acid groups is 1. The number of aliphatic hydroxyl groups excluding tert-OH is 2. The number of carbonyl (C=O) groups is 1. The molecule has 0 spiro atoms. The summed E-state index contributed by atoms with van der Waals surface area (Å²) in [6.07, 6.45) is 57.9. The van der Waals surface area contributed by atoms with Gasteiger partial charge in [0.2, 0.25) is 0 Å². The summed E-state index contributed by atoms with van der Waals surface area (Å²) < 4.78 is 33.4. The van der Waals surface area contributed by atoms with E-state index in [1.807, 2.05) is 0 Å². The number of phosphoric ester groups is 1. The smallest absolute Gasteiger partial charge is 0.457 e. The van der Waals surface area contributed by atoms with Crippen LogP contribution < -0.4 is 0 Å². The lowest BCUT2D eigenvalue weighted by Crippen LogP contribution is -2.29. The van der Waals surface area contributed by atoms with Crippen LogP contribution in [-0.4, -0.2) is 66.3 Å². The van der Waals surface area contributed by atoms with Crippen molar-refractivity contribution < 1.29 is 43.0 Å². The lowest BCUT2D eigenvalue weighted by Gasteiger charge is -2.20. The Hall–Kier alpha value is -2.62. The molecule has 0 fully saturated rings. The molecule has 0 amide bonds. The van der Waals surface area contributed by atoms with Crippen LogP contribution in [0.5, 0.6) is 0 Å². The molecule has 60 heavy (non-hydrogen) atoms. The zero-order valence-corrected chi connectivity index (χ0v) is 38.5. The van der Waals surface area contributed by atoms with E-state index in [1.54, 1.807) is 0 Å². The van der Waals surface area contributed by atoms with Gasteiger partial charge in [-0.15, -0.1) is 0 Å². The first-order valence-electron chi connectivity index (χ1n) is 23.2. The van der Waals surface area contributed by atoms with Crippen LogP contribution in [0.2, 0.25) is 0 Å². The standard InChI is InChI=1S/C50H85O9P/c1-3-5-7-9-11-13-15-17-19-21-23-24-25-26-28-30-32-34-36-38-40-42-50(53)59-49(47-58-60(54,55)57-45-48(52)44-51)46-56-43-41-39-37-35-33-31-29-27-22-20-18-16-14-12-10-8-6-4-2/h5,7,11-14,17-20,23-24,26,28,32,34,48-49,51-52H,3-4,6,8-10,15-16,21-22,25,27,29-31,33,35-47H2,1-2H3,(H,54,55)/b7-5-,13-11-,14-12-,19-17-,20-18-,24-23-,28-26-,34-32-. The van der Waals surface area contributed by atoms with E-state index in [0.29, 0.717) is 13.0 Å². The number of unbranched alkanes of at least 4 members (excludes halogenated alkanes) is 13. The van der Waals surface area contributed by atoms with E-state index >= 15 is 0 Å². The van der Waals surface area contributed by atoms with E-state index < -0.39 is 45.8 Å². The molecule has 0 rings (SSSR count). The molecular weight excluding hydrogens is 776 g/mol.